The summed E-state index contributed by atoms with van der Waals surface area (Å²) in [6.45, 7) is 1.50. The fourth-order valence-corrected chi connectivity index (χ4v) is 4.82. The summed E-state index contributed by atoms with van der Waals surface area (Å²) in [5.74, 6) is -0.0757. The molecule has 0 fully saturated rings. The normalized spacial score (nSPS) is 11.5. The Kier molecular flexibility index (Phi) is 8.39. The van der Waals surface area contributed by atoms with Gasteiger partial charge in [0.15, 0.2) is 0 Å². The number of hydrogen-bond donors (Lipinski definition) is 1. The molecule has 34 heavy (non-hydrogen) atoms. The van der Waals surface area contributed by atoms with Crippen LogP contribution in [0.2, 0.25) is 0 Å². The third kappa shape index (κ3) is 6.43. The number of methoxy groups -OCH3 is 2. The summed E-state index contributed by atoms with van der Waals surface area (Å²) in [5, 5.41) is 3.97. The van der Waals surface area contributed by atoms with Crippen molar-refractivity contribution in [1.82, 2.24) is 9.73 Å². The summed E-state index contributed by atoms with van der Waals surface area (Å²) in [7, 11) is -1.31. The van der Waals surface area contributed by atoms with Gasteiger partial charge in [0, 0.05) is 12.6 Å². The molecule has 0 saturated heterocycles. The molecule has 0 spiro atoms. The Hall–Kier alpha value is -3.69. The molecule has 8 nitrogen and oxygen atoms in total. The zero-order valence-electron chi connectivity index (χ0n) is 19.3. The average molecular weight is 482 g/mol. The molecule has 9 heteroatoms. The number of amides is 1. The third-order valence-electron chi connectivity index (χ3n) is 4.96. The molecule has 0 heterocycles. The molecular formula is C25H27N3O5S. The van der Waals surface area contributed by atoms with Crippen molar-refractivity contribution in [3.05, 3.63) is 89.5 Å². The number of sulfonamides is 1. The second-order valence-electron chi connectivity index (χ2n) is 7.48. The van der Waals surface area contributed by atoms with Gasteiger partial charge in [0.05, 0.1) is 27.0 Å². The van der Waals surface area contributed by atoms with Crippen molar-refractivity contribution in [2.45, 2.75) is 18.4 Å². The van der Waals surface area contributed by atoms with E-state index in [0.717, 1.165) is 21.0 Å². The van der Waals surface area contributed by atoms with Crippen LogP contribution in [0.15, 0.2) is 82.8 Å². The monoisotopic (exact) mass is 481 g/mol. The van der Waals surface area contributed by atoms with E-state index in [1.165, 1.54) is 32.6 Å². The largest absolute Gasteiger partial charge is 0.497 e. The second kappa shape index (κ2) is 11.4. The molecule has 0 bridgehead atoms. The van der Waals surface area contributed by atoms with E-state index in [1.807, 2.05) is 37.3 Å². The Labute approximate surface area is 199 Å². The number of rotatable bonds is 10. The Morgan fingerprint density at radius 1 is 1.00 bits per heavy atom. The summed E-state index contributed by atoms with van der Waals surface area (Å²) in [4.78, 5) is 12.6. The van der Waals surface area contributed by atoms with Crippen molar-refractivity contribution in [1.29, 1.82) is 0 Å². The van der Waals surface area contributed by atoms with Crippen molar-refractivity contribution in [2.75, 3.05) is 20.8 Å². The maximum Gasteiger partial charge on any atom is 0.255 e. The van der Waals surface area contributed by atoms with Crippen molar-refractivity contribution in [3.63, 3.8) is 0 Å². The van der Waals surface area contributed by atoms with Gasteiger partial charge in [-0.3, -0.25) is 4.79 Å². The number of hydrazone groups is 1. The van der Waals surface area contributed by atoms with Crippen LogP contribution in [-0.2, 0) is 21.4 Å². The van der Waals surface area contributed by atoms with Crippen molar-refractivity contribution >= 4 is 22.1 Å². The summed E-state index contributed by atoms with van der Waals surface area (Å²) in [6, 6.07) is 21.1. The fourth-order valence-electron chi connectivity index (χ4n) is 3.26. The molecule has 0 radical (unpaired) electrons. The molecule has 0 saturated carbocycles. The standard InChI is InChI=1S/C25H27N3O5S/c1-19-8-7-11-21(14-19)16-26-27-25(29)18-28(17-20-9-5-4-6-10-20)34(30,31)24-15-22(32-2)12-13-23(24)33-3/h4-16H,17-18H2,1-3H3,(H,27,29)/b26-16+. The van der Waals surface area contributed by atoms with Gasteiger partial charge in [0.25, 0.3) is 5.91 Å². The Bertz CT molecular complexity index is 1260. The van der Waals surface area contributed by atoms with Crippen LogP contribution in [0.25, 0.3) is 0 Å². The van der Waals surface area contributed by atoms with Gasteiger partial charge in [0.2, 0.25) is 10.0 Å². The first-order valence-corrected chi connectivity index (χ1v) is 11.9. The van der Waals surface area contributed by atoms with E-state index in [1.54, 1.807) is 30.3 Å². The van der Waals surface area contributed by atoms with Crippen LogP contribution in [-0.4, -0.2) is 45.6 Å². The van der Waals surface area contributed by atoms with Gasteiger partial charge >= 0.3 is 0 Å². The van der Waals surface area contributed by atoms with Crippen LogP contribution in [0.1, 0.15) is 16.7 Å². The second-order valence-corrected chi connectivity index (χ2v) is 9.39. The van der Waals surface area contributed by atoms with E-state index >= 15 is 0 Å². The van der Waals surface area contributed by atoms with E-state index in [2.05, 4.69) is 10.5 Å². The zero-order valence-corrected chi connectivity index (χ0v) is 20.1. The molecule has 0 aliphatic heterocycles. The molecule has 0 aliphatic carbocycles. The topological polar surface area (TPSA) is 97.3 Å². The van der Waals surface area contributed by atoms with Crippen LogP contribution in [0, 0.1) is 6.92 Å². The van der Waals surface area contributed by atoms with Crippen LogP contribution >= 0.6 is 0 Å². The van der Waals surface area contributed by atoms with Crippen LogP contribution < -0.4 is 14.9 Å². The maximum absolute atomic E-state index is 13.6. The van der Waals surface area contributed by atoms with Gasteiger partial charge < -0.3 is 9.47 Å². The van der Waals surface area contributed by atoms with Crippen LogP contribution in [0.3, 0.4) is 0 Å². The smallest absolute Gasteiger partial charge is 0.255 e. The minimum absolute atomic E-state index is 0.0153. The molecule has 0 aromatic heterocycles. The predicted molar refractivity (Wildman–Crippen MR) is 130 cm³/mol. The SMILES string of the molecule is COc1ccc(OC)c(S(=O)(=O)N(CC(=O)N/N=C/c2cccc(C)c2)Cc2ccccc2)c1. The fraction of sp³-hybridized carbons (Fsp3) is 0.200. The Morgan fingerprint density at radius 2 is 1.76 bits per heavy atom. The maximum atomic E-state index is 13.6. The molecule has 3 rings (SSSR count). The predicted octanol–water partition coefficient (Wildman–Crippen LogP) is 3.35. The first-order valence-electron chi connectivity index (χ1n) is 10.5. The van der Waals surface area contributed by atoms with E-state index < -0.39 is 22.5 Å². The van der Waals surface area contributed by atoms with Gasteiger partial charge in [-0.15, -0.1) is 0 Å². The van der Waals surface area contributed by atoms with Crippen LogP contribution in [0.4, 0.5) is 0 Å². The minimum atomic E-state index is -4.14. The van der Waals surface area contributed by atoms with Gasteiger partial charge in [-0.25, -0.2) is 13.8 Å². The van der Waals surface area contributed by atoms with E-state index in [4.69, 9.17) is 9.47 Å². The Morgan fingerprint density at radius 3 is 2.44 bits per heavy atom. The highest BCUT2D eigenvalue weighted by atomic mass is 32.2. The zero-order chi connectivity index (χ0) is 24.6. The minimum Gasteiger partial charge on any atom is -0.497 e. The van der Waals surface area contributed by atoms with E-state index in [-0.39, 0.29) is 17.2 Å². The average Bonchev–Trinajstić information content (AvgIpc) is 2.84. The molecule has 3 aromatic rings. The first kappa shape index (κ1) is 24.9. The van der Waals surface area contributed by atoms with Gasteiger partial charge in [-0.2, -0.15) is 9.41 Å². The van der Waals surface area contributed by atoms with E-state index in [9.17, 15) is 13.2 Å². The molecular weight excluding hydrogens is 454 g/mol. The lowest BCUT2D eigenvalue weighted by Crippen LogP contribution is -2.39. The number of nitrogens with one attached hydrogen (secondary N) is 1. The number of nitrogens with zero attached hydrogens (tertiary/aromatic N) is 2. The molecule has 1 N–H and O–H groups in total. The lowest BCUT2D eigenvalue weighted by molar-refractivity contribution is -0.121. The quantitative estimate of drug-likeness (QED) is 0.354. The van der Waals surface area contributed by atoms with Crippen molar-refractivity contribution in [2.24, 2.45) is 5.10 Å². The highest BCUT2D eigenvalue weighted by Gasteiger charge is 2.30. The lowest BCUT2D eigenvalue weighted by Gasteiger charge is -2.23. The number of carbonyl (C=O) groups excluding carboxylic acids is 1. The first-order chi connectivity index (χ1) is 16.3. The third-order valence-corrected chi connectivity index (χ3v) is 6.77. The van der Waals surface area contributed by atoms with Crippen molar-refractivity contribution < 1.29 is 22.7 Å². The molecule has 1 amide bonds. The molecule has 0 unspecified atom stereocenters. The molecule has 178 valence electrons. The van der Waals surface area contributed by atoms with Gasteiger partial charge in [-0.1, -0.05) is 60.2 Å². The number of aryl methyl sites for hydroxylation is 1. The van der Waals surface area contributed by atoms with Crippen LogP contribution in [0.5, 0.6) is 11.5 Å². The highest BCUT2D eigenvalue weighted by Crippen LogP contribution is 2.31. The highest BCUT2D eigenvalue weighted by molar-refractivity contribution is 7.89. The van der Waals surface area contributed by atoms with Gasteiger partial charge in [-0.05, 0) is 30.2 Å². The van der Waals surface area contributed by atoms with Crippen molar-refractivity contribution in [3.8, 4) is 11.5 Å². The molecule has 3 aromatic carbocycles. The summed E-state index contributed by atoms with van der Waals surface area (Å²) >= 11 is 0. The lowest BCUT2D eigenvalue weighted by atomic mass is 10.2. The van der Waals surface area contributed by atoms with Gasteiger partial charge in [0.1, 0.15) is 16.4 Å². The summed E-state index contributed by atoms with van der Waals surface area (Å²) < 4.78 is 38.8. The Balaban J connectivity index is 1.87. The number of carbonyl (C=O) groups is 1. The number of ether oxygens (including phenoxy) is 2. The molecule has 0 aliphatic rings. The molecule has 0 atom stereocenters. The summed E-state index contributed by atoms with van der Waals surface area (Å²) in [6.07, 6.45) is 1.51. The number of hydrogen-bond acceptors (Lipinski definition) is 6. The summed E-state index contributed by atoms with van der Waals surface area (Å²) in [5.41, 5.74) is 5.01. The number of benzene rings is 3. The van der Waals surface area contributed by atoms with E-state index in [0.29, 0.717) is 5.75 Å².